The second-order valence-electron chi connectivity index (χ2n) is 15.4. The lowest BCUT2D eigenvalue weighted by atomic mass is 9.44. The SMILES string of the molecule is CC(C)CCC[C@H](C)[C@H]1CC[C@H]2[C@@H]3CC[C@@H]4Cc5nc6c(ccc7cccnc76)cc5C[C@]4(C)[C@H]3CC[C@]12C. The van der Waals surface area contributed by atoms with E-state index in [1.54, 1.807) is 0 Å². The van der Waals surface area contributed by atoms with E-state index in [2.05, 4.69) is 58.9 Å². The Morgan fingerprint density at radius 2 is 1.69 bits per heavy atom. The average molecular weight is 523 g/mol. The van der Waals surface area contributed by atoms with E-state index in [0.717, 1.165) is 52.5 Å². The highest BCUT2D eigenvalue weighted by Gasteiger charge is 2.60. The predicted molar refractivity (Wildman–Crippen MR) is 164 cm³/mol. The number of hydrogen-bond donors (Lipinski definition) is 0. The molecule has 0 spiro atoms. The molecule has 2 heteroatoms. The van der Waals surface area contributed by atoms with Gasteiger partial charge in [-0.3, -0.25) is 9.97 Å². The van der Waals surface area contributed by atoms with Crippen LogP contribution in [0.3, 0.4) is 0 Å². The van der Waals surface area contributed by atoms with Crippen molar-refractivity contribution in [2.45, 2.75) is 105 Å². The van der Waals surface area contributed by atoms with Crippen LogP contribution in [0.5, 0.6) is 0 Å². The number of hydrogen-bond acceptors (Lipinski definition) is 2. The third-order valence-electron chi connectivity index (χ3n) is 13.0. The molecular formula is C37H50N2. The molecule has 39 heavy (non-hydrogen) atoms. The van der Waals surface area contributed by atoms with Crippen LogP contribution in [0.4, 0.5) is 0 Å². The first-order valence-corrected chi connectivity index (χ1v) is 16.4. The van der Waals surface area contributed by atoms with Crippen molar-refractivity contribution in [1.29, 1.82) is 0 Å². The van der Waals surface area contributed by atoms with Gasteiger partial charge in [-0.15, -0.1) is 0 Å². The fourth-order valence-electron chi connectivity index (χ4n) is 11.0. The van der Waals surface area contributed by atoms with Crippen LogP contribution in [0.2, 0.25) is 0 Å². The predicted octanol–water partition coefficient (Wildman–Crippen LogP) is 9.82. The van der Waals surface area contributed by atoms with Crippen molar-refractivity contribution in [1.82, 2.24) is 9.97 Å². The van der Waals surface area contributed by atoms with Gasteiger partial charge in [0.15, 0.2) is 0 Å². The summed E-state index contributed by atoms with van der Waals surface area (Å²) in [5.41, 5.74) is 6.10. The lowest BCUT2D eigenvalue weighted by Gasteiger charge is -2.60. The second kappa shape index (κ2) is 9.56. The molecule has 2 aromatic heterocycles. The molecule has 7 rings (SSSR count). The monoisotopic (exact) mass is 522 g/mol. The Hall–Kier alpha value is -1.96. The molecule has 2 nitrogen and oxygen atoms in total. The van der Waals surface area contributed by atoms with Crippen molar-refractivity contribution in [2.24, 2.45) is 52.3 Å². The standard InChI is InChI=1S/C37H50N2/c1-23(2)8-6-9-24(3)30-15-16-31-29-14-13-28-21-33-27(22-37(28,5)32(29)17-18-36(30,31)4)20-26-12-11-25-10-7-19-38-34(25)35(26)39-33/h7,10-12,19-20,23-24,28-32H,6,8-9,13-18,21-22H2,1-5H3/t24-,28+,29-,30+,31-,32-,36+,37-/m0/s1. The van der Waals surface area contributed by atoms with Crippen molar-refractivity contribution in [2.75, 3.05) is 0 Å². The second-order valence-corrected chi connectivity index (χ2v) is 15.4. The first-order valence-electron chi connectivity index (χ1n) is 16.4. The molecule has 8 atom stereocenters. The van der Waals surface area contributed by atoms with Gasteiger partial charge in [-0.2, -0.15) is 0 Å². The van der Waals surface area contributed by atoms with Gasteiger partial charge in [0, 0.05) is 22.7 Å². The molecule has 0 N–H and O–H groups in total. The molecule has 0 aliphatic heterocycles. The lowest BCUT2D eigenvalue weighted by Crippen LogP contribution is -2.54. The Morgan fingerprint density at radius 1 is 0.872 bits per heavy atom. The summed E-state index contributed by atoms with van der Waals surface area (Å²) in [4.78, 5) is 10.1. The molecule has 0 unspecified atom stereocenters. The number of aromatic nitrogens is 2. The van der Waals surface area contributed by atoms with E-state index in [1.165, 1.54) is 92.7 Å². The van der Waals surface area contributed by atoms with Gasteiger partial charge < -0.3 is 0 Å². The van der Waals surface area contributed by atoms with Gasteiger partial charge in [-0.05, 0) is 121 Å². The molecule has 1 aromatic carbocycles. The Morgan fingerprint density at radius 3 is 2.54 bits per heavy atom. The maximum Gasteiger partial charge on any atom is 0.0968 e. The maximum absolute atomic E-state index is 5.34. The minimum Gasteiger partial charge on any atom is -0.254 e. The van der Waals surface area contributed by atoms with E-state index < -0.39 is 0 Å². The zero-order chi connectivity index (χ0) is 26.9. The van der Waals surface area contributed by atoms with Gasteiger partial charge in [0.25, 0.3) is 0 Å². The van der Waals surface area contributed by atoms with Crippen LogP contribution in [0.15, 0.2) is 36.5 Å². The van der Waals surface area contributed by atoms with Crippen LogP contribution in [-0.4, -0.2) is 9.97 Å². The Labute approximate surface area is 236 Å². The summed E-state index contributed by atoms with van der Waals surface area (Å²) < 4.78 is 0. The molecule has 0 saturated heterocycles. The summed E-state index contributed by atoms with van der Waals surface area (Å²) in [5, 5.41) is 2.48. The van der Waals surface area contributed by atoms with Gasteiger partial charge >= 0.3 is 0 Å². The van der Waals surface area contributed by atoms with Crippen LogP contribution in [-0.2, 0) is 12.8 Å². The summed E-state index contributed by atoms with van der Waals surface area (Å²) in [5.74, 6) is 6.28. The van der Waals surface area contributed by atoms with Gasteiger partial charge in [0.2, 0.25) is 0 Å². The van der Waals surface area contributed by atoms with E-state index in [4.69, 9.17) is 9.97 Å². The maximum atomic E-state index is 5.34. The molecule has 3 fully saturated rings. The summed E-state index contributed by atoms with van der Waals surface area (Å²) in [7, 11) is 0. The number of benzene rings is 1. The van der Waals surface area contributed by atoms with Crippen molar-refractivity contribution in [3.05, 3.63) is 47.8 Å². The van der Waals surface area contributed by atoms with Crippen molar-refractivity contribution >= 4 is 21.8 Å². The van der Waals surface area contributed by atoms with Gasteiger partial charge in [-0.1, -0.05) is 72.1 Å². The molecule has 3 saturated carbocycles. The summed E-state index contributed by atoms with van der Waals surface area (Å²) >= 11 is 0. The highest BCUT2D eigenvalue weighted by Crippen LogP contribution is 2.68. The van der Waals surface area contributed by atoms with Crippen LogP contribution >= 0.6 is 0 Å². The number of nitrogens with zero attached hydrogens (tertiary/aromatic N) is 2. The third kappa shape index (κ3) is 4.09. The number of pyridine rings is 2. The summed E-state index contributed by atoms with van der Waals surface area (Å²) in [6.45, 7) is 12.8. The van der Waals surface area contributed by atoms with Gasteiger partial charge in [-0.25, -0.2) is 0 Å². The molecule has 0 amide bonds. The smallest absolute Gasteiger partial charge is 0.0968 e. The van der Waals surface area contributed by atoms with Crippen LogP contribution in [0.1, 0.15) is 104 Å². The highest BCUT2D eigenvalue weighted by atomic mass is 14.8. The zero-order valence-corrected chi connectivity index (χ0v) is 25.2. The van der Waals surface area contributed by atoms with Crippen molar-refractivity contribution in [3.8, 4) is 0 Å². The molecule has 0 bridgehead atoms. The average Bonchev–Trinajstić information content (AvgIpc) is 3.27. The van der Waals surface area contributed by atoms with Crippen LogP contribution in [0.25, 0.3) is 21.8 Å². The minimum atomic E-state index is 0.433. The van der Waals surface area contributed by atoms with Crippen molar-refractivity contribution in [3.63, 3.8) is 0 Å². The van der Waals surface area contributed by atoms with E-state index in [1.807, 2.05) is 12.3 Å². The van der Waals surface area contributed by atoms with Crippen LogP contribution < -0.4 is 0 Å². The number of fused-ring (bicyclic) bond motifs is 9. The Balaban J connectivity index is 1.15. The molecule has 4 aliphatic rings. The fourth-order valence-corrected chi connectivity index (χ4v) is 11.0. The normalized spacial score (nSPS) is 36.4. The number of rotatable bonds is 5. The zero-order valence-electron chi connectivity index (χ0n) is 25.2. The lowest BCUT2D eigenvalue weighted by molar-refractivity contribution is -0.103. The molecule has 208 valence electrons. The fraction of sp³-hybridized carbons (Fsp3) is 0.676. The highest BCUT2D eigenvalue weighted by molar-refractivity contribution is 6.02. The van der Waals surface area contributed by atoms with Crippen molar-refractivity contribution < 1.29 is 0 Å². The Kier molecular flexibility index (Phi) is 6.37. The molecular weight excluding hydrogens is 472 g/mol. The largest absolute Gasteiger partial charge is 0.254 e. The van der Waals surface area contributed by atoms with E-state index >= 15 is 0 Å². The molecule has 4 aliphatic carbocycles. The summed E-state index contributed by atoms with van der Waals surface area (Å²) in [6.07, 6.45) is 17.4. The first kappa shape index (κ1) is 26.0. The summed E-state index contributed by atoms with van der Waals surface area (Å²) in [6, 6.07) is 11.2. The molecule has 2 heterocycles. The first-order chi connectivity index (χ1) is 18.8. The van der Waals surface area contributed by atoms with Gasteiger partial charge in [0.1, 0.15) is 0 Å². The van der Waals surface area contributed by atoms with E-state index in [9.17, 15) is 0 Å². The topological polar surface area (TPSA) is 25.8 Å². The quantitative estimate of drug-likeness (QED) is 0.312. The Bertz CT molecular complexity index is 1370. The minimum absolute atomic E-state index is 0.433. The van der Waals surface area contributed by atoms with Gasteiger partial charge in [0.05, 0.1) is 11.0 Å². The van der Waals surface area contributed by atoms with E-state index in [0.29, 0.717) is 10.8 Å². The molecule has 0 radical (unpaired) electrons. The third-order valence-corrected chi connectivity index (χ3v) is 13.0. The van der Waals surface area contributed by atoms with E-state index in [-0.39, 0.29) is 0 Å². The van der Waals surface area contributed by atoms with Crippen LogP contribution in [0, 0.1) is 52.3 Å². The molecule has 3 aromatic rings.